The fourth-order valence-electron chi connectivity index (χ4n) is 3.75. The van der Waals surface area contributed by atoms with E-state index in [0.717, 1.165) is 5.56 Å². The molecule has 30 heavy (non-hydrogen) atoms. The number of para-hydroxylation sites is 1. The number of carbonyl (C=O) groups excluding carboxylic acids is 2. The van der Waals surface area contributed by atoms with Crippen LogP contribution in [0, 0.1) is 5.82 Å². The van der Waals surface area contributed by atoms with E-state index in [9.17, 15) is 14.0 Å². The fourth-order valence-corrected chi connectivity index (χ4v) is 3.75. The zero-order chi connectivity index (χ0) is 21.7. The SMILES string of the molecule is COc1cccc(C=O)c1OCC(=O)N1C[C@H](C)N(Cc2ccc(F)cc2)C[C@H]1C. The van der Waals surface area contributed by atoms with Crippen LogP contribution in [0.15, 0.2) is 42.5 Å². The van der Waals surface area contributed by atoms with E-state index in [0.29, 0.717) is 37.2 Å². The molecular weight excluding hydrogens is 387 g/mol. The molecule has 2 atom stereocenters. The molecular formula is C23H27FN2O4. The molecule has 1 saturated heterocycles. The molecule has 1 heterocycles. The third kappa shape index (κ3) is 4.97. The standard InChI is InChI=1S/C23H27FN2O4/c1-16-12-26(17(2)11-25(16)13-18-7-9-20(24)10-8-18)22(28)15-30-23-19(14-27)5-4-6-21(23)29-3/h4-10,14,16-17H,11-13,15H2,1-3H3/t16-,17+/m0/s1. The van der Waals surface area contributed by atoms with Crippen LogP contribution in [0.3, 0.4) is 0 Å². The summed E-state index contributed by atoms with van der Waals surface area (Å²) in [5, 5.41) is 0. The minimum atomic E-state index is -0.247. The minimum Gasteiger partial charge on any atom is -0.493 e. The summed E-state index contributed by atoms with van der Waals surface area (Å²) in [6, 6.07) is 11.7. The highest BCUT2D eigenvalue weighted by molar-refractivity contribution is 5.82. The van der Waals surface area contributed by atoms with Crippen LogP contribution < -0.4 is 9.47 Å². The van der Waals surface area contributed by atoms with Gasteiger partial charge in [-0.1, -0.05) is 18.2 Å². The Labute approximate surface area is 176 Å². The maximum absolute atomic E-state index is 13.1. The molecule has 0 spiro atoms. The molecule has 6 nitrogen and oxygen atoms in total. The van der Waals surface area contributed by atoms with Crippen LogP contribution in [0.4, 0.5) is 4.39 Å². The molecule has 3 rings (SSSR count). The van der Waals surface area contributed by atoms with Crippen LogP contribution in [0.2, 0.25) is 0 Å². The van der Waals surface area contributed by atoms with Gasteiger partial charge in [-0.2, -0.15) is 0 Å². The Morgan fingerprint density at radius 2 is 1.87 bits per heavy atom. The van der Waals surface area contributed by atoms with Gasteiger partial charge in [-0.05, 0) is 43.7 Å². The molecule has 2 aromatic rings. The third-order valence-corrected chi connectivity index (χ3v) is 5.43. The van der Waals surface area contributed by atoms with Crippen LogP contribution >= 0.6 is 0 Å². The van der Waals surface area contributed by atoms with Crippen molar-refractivity contribution in [3.05, 3.63) is 59.4 Å². The second kappa shape index (κ2) is 9.71. The average molecular weight is 414 g/mol. The van der Waals surface area contributed by atoms with Gasteiger partial charge in [-0.3, -0.25) is 14.5 Å². The molecule has 1 amide bonds. The van der Waals surface area contributed by atoms with E-state index in [2.05, 4.69) is 11.8 Å². The Bertz CT molecular complexity index is 887. The van der Waals surface area contributed by atoms with Crippen molar-refractivity contribution >= 4 is 12.2 Å². The molecule has 0 aromatic heterocycles. The first-order valence-corrected chi connectivity index (χ1v) is 9.96. The fraction of sp³-hybridized carbons (Fsp3) is 0.391. The van der Waals surface area contributed by atoms with Crippen molar-refractivity contribution in [1.29, 1.82) is 0 Å². The second-order valence-corrected chi connectivity index (χ2v) is 7.59. The summed E-state index contributed by atoms with van der Waals surface area (Å²) < 4.78 is 24.1. The number of piperazine rings is 1. The predicted molar refractivity (Wildman–Crippen MR) is 111 cm³/mol. The summed E-state index contributed by atoms with van der Waals surface area (Å²) in [5.41, 5.74) is 1.38. The van der Waals surface area contributed by atoms with E-state index < -0.39 is 0 Å². The molecule has 2 aromatic carbocycles. The van der Waals surface area contributed by atoms with Crippen molar-refractivity contribution in [2.45, 2.75) is 32.5 Å². The molecule has 0 unspecified atom stereocenters. The molecule has 0 N–H and O–H groups in total. The smallest absolute Gasteiger partial charge is 0.260 e. The summed E-state index contributed by atoms with van der Waals surface area (Å²) in [4.78, 5) is 28.2. The van der Waals surface area contributed by atoms with Crippen molar-refractivity contribution in [2.24, 2.45) is 0 Å². The molecule has 0 bridgehead atoms. The van der Waals surface area contributed by atoms with E-state index in [4.69, 9.17) is 9.47 Å². The number of methoxy groups -OCH3 is 1. The number of benzene rings is 2. The van der Waals surface area contributed by atoms with Crippen molar-refractivity contribution in [2.75, 3.05) is 26.8 Å². The highest BCUT2D eigenvalue weighted by atomic mass is 19.1. The maximum atomic E-state index is 13.1. The van der Waals surface area contributed by atoms with Crippen molar-refractivity contribution < 1.29 is 23.5 Å². The lowest BCUT2D eigenvalue weighted by Crippen LogP contribution is -2.58. The first-order chi connectivity index (χ1) is 14.4. The lowest BCUT2D eigenvalue weighted by atomic mass is 10.1. The largest absolute Gasteiger partial charge is 0.493 e. The van der Waals surface area contributed by atoms with E-state index in [1.807, 2.05) is 11.8 Å². The van der Waals surface area contributed by atoms with E-state index in [-0.39, 0.29) is 36.2 Å². The lowest BCUT2D eigenvalue weighted by Gasteiger charge is -2.44. The number of aldehydes is 1. The second-order valence-electron chi connectivity index (χ2n) is 7.59. The average Bonchev–Trinajstić information content (AvgIpc) is 2.75. The molecule has 7 heteroatoms. The summed E-state index contributed by atoms with van der Waals surface area (Å²) >= 11 is 0. The van der Waals surface area contributed by atoms with Crippen LogP contribution in [-0.4, -0.2) is 60.9 Å². The van der Waals surface area contributed by atoms with E-state index >= 15 is 0 Å². The molecule has 0 saturated carbocycles. The topological polar surface area (TPSA) is 59.1 Å². The van der Waals surface area contributed by atoms with Gasteiger partial charge in [0.1, 0.15) is 5.82 Å². The maximum Gasteiger partial charge on any atom is 0.260 e. The van der Waals surface area contributed by atoms with Gasteiger partial charge in [0.05, 0.1) is 12.7 Å². The Hall–Kier alpha value is -2.93. The number of amides is 1. The molecule has 1 aliphatic rings. The van der Waals surface area contributed by atoms with Crippen LogP contribution in [0.1, 0.15) is 29.8 Å². The number of hydrogen-bond acceptors (Lipinski definition) is 5. The Balaban J connectivity index is 1.61. The van der Waals surface area contributed by atoms with Gasteiger partial charge in [0.2, 0.25) is 0 Å². The zero-order valence-electron chi connectivity index (χ0n) is 17.5. The van der Waals surface area contributed by atoms with Gasteiger partial charge in [0.25, 0.3) is 5.91 Å². The van der Waals surface area contributed by atoms with E-state index in [1.165, 1.54) is 19.2 Å². The van der Waals surface area contributed by atoms with Gasteiger partial charge >= 0.3 is 0 Å². The van der Waals surface area contributed by atoms with Crippen molar-refractivity contribution in [3.63, 3.8) is 0 Å². The van der Waals surface area contributed by atoms with Crippen molar-refractivity contribution in [1.82, 2.24) is 9.80 Å². The zero-order valence-corrected chi connectivity index (χ0v) is 17.5. The quantitative estimate of drug-likeness (QED) is 0.652. The normalized spacial score (nSPS) is 19.4. The van der Waals surface area contributed by atoms with Gasteiger partial charge in [0.15, 0.2) is 24.4 Å². The molecule has 0 radical (unpaired) electrons. The number of ether oxygens (including phenoxy) is 2. The first-order valence-electron chi connectivity index (χ1n) is 9.96. The summed E-state index contributed by atoms with van der Waals surface area (Å²) in [7, 11) is 1.49. The molecule has 1 aliphatic heterocycles. The third-order valence-electron chi connectivity index (χ3n) is 5.43. The van der Waals surface area contributed by atoms with E-state index in [1.54, 1.807) is 30.3 Å². The highest BCUT2D eigenvalue weighted by Crippen LogP contribution is 2.30. The number of hydrogen-bond donors (Lipinski definition) is 0. The summed E-state index contributed by atoms with van der Waals surface area (Å²) in [6.45, 7) is 5.88. The lowest BCUT2D eigenvalue weighted by molar-refractivity contribution is -0.139. The summed E-state index contributed by atoms with van der Waals surface area (Å²) in [6.07, 6.45) is 0.682. The van der Waals surface area contributed by atoms with Crippen LogP contribution in [0.25, 0.3) is 0 Å². The van der Waals surface area contributed by atoms with Gasteiger partial charge in [0, 0.05) is 31.7 Å². The van der Waals surface area contributed by atoms with Gasteiger partial charge in [-0.25, -0.2) is 4.39 Å². The number of rotatable bonds is 7. The monoisotopic (exact) mass is 414 g/mol. The minimum absolute atomic E-state index is 0.000888. The number of halogens is 1. The van der Waals surface area contributed by atoms with Crippen LogP contribution in [-0.2, 0) is 11.3 Å². The number of nitrogens with zero attached hydrogens (tertiary/aromatic N) is 2. The highest BCUT2D eigenvalue weighted by Gasteiger charge is 2.32. The summed E-state index contributed by atoms with van der Waals surface area (Å²) in [5.74, 6) is 0.304. The number of carbonyl (C=O) groups is 2. The Morgan fingerprint density at radius 3 is 2.53 bits per heavy atom. The van der Waals surface area contributed by atoms with Gasteiger partial charge < -0.3 is 14.4 Å². The van der Waals surface area contributed by atoms with Crippen molar-refractivity contribution in [3.8, 4) is 11.5 Å². The molecule has 1 fully saturated rings. The van der Waals surface area contributed by atoms with Crippen LogP contribution in [0.5, 0.6) is 11.5 Å². The Morgan fingerprint density at radius 1 is 1.13 bits per heavy atom. The first kappa shape index (κ1) is 21.8. The molecule has 0 aliphatic carbocycles. The predicted octanol–water partition coefficient (Wildman–Crippen LogP) is 3.15. The Kier molecular flexibility index (Phi) is 7.05. The molecule has 160 valence electrons. The van der Waals surface area contributed by atoms with Gasteiger partial charge in [-0.15, -0.1) is 0 Å².